The lowest BCUT2D eigenvalue weighted by atomic mass is 9.51. The highest BCUT2D eigenvalue weighted by molar-refractivity contribution is 5.78. The summed E-state index contributed by atoms with van der Waals surface area (Å²) in [6.07, 6.45) is 0.652. The molecule has 3 unspecified atom stereocenters. The highest BCUT2D eigenvalue weighted by Crippen LogP contribution is 2.61. The third-order valence-corrected chi connectivity index (χ3v) is 11.0. The van der Waals surface area contributed by atoms with E-state index in [1.54, 1.807) is 0 Å². The molecule has 1 heterocycles. The second-order valence-corrected chi connectivity index (χ2v) is 20.3. The van der Waals surface area contributed by atoms with Crippen LogP contribution in [0.1, 0.15) is 152 Å². The van der Waals surface area contributed by atoms with Gasteiger partial charge in [0.25, 0.3) is 0 Å². The predicted octanol–water partition coefficient (Wildman–Crippen LogP) is 9.65. The molecule has 0 amide bonds. The molecule has 1 fully saturated rings. The van der Waals surface area contributed by atoms with Crippen molar-refractivity contribution in [1.29, 1.82) is 0 Å². The molecular formula is C44H69NO6. The van der Waals surface area contributed by atoms with Gasteiger partial charge in [-0.3, -0.25) is 14.5 Å². The number of hydrogen-bond donors (Lipinski definition) is 2. The van der Waals surface area contributed by atoms with Crippen LogP contribution in [-0.2, 0) is 36.3 Å². The zero-order valence-corrected chi connectivity index (χ0v) is 34.9. The number of carbonyl (C=O) groups is 2. The van der Waals surface area contributed by atoms with Crippen molar-refractivity contribution in [2.45, 2.75) is 164 Å². The van der Waals surface area contributed by atoms with Gasteiger partial charge in [-0.2, -0.15) is 0 Å². The Morgan fingerprint density at radius 3 is 1.61 bits per heavy atom. The van der Waals surface area contributed by atoms with Crippen molar-refractivity contribution >= 4 is 11.9 Å². The van der Waals surface area contributed by atoms with Crippen molar-refractivity contribution < 1.29 is 29.3 Å². The number of ether oxygens (including phenoxy) is 2. The number of aryl methyl sites for hydroxylation is 1. The van der Waals surface area contributed by atoms with Crippen molar-refractivity contribution in [3.8, 4) is 5.75 Å². The van der Waals surface area contributed by atoms with Gasteiger partial charge in [-0.1, -0.05) is 126 Å². The molecule has 0 saturated carbocycles. The van der Waals surface area contributed by atoms with Crippen LogP contribution in [0.5, 0.6) is 5.75 Å². The maximum absolute atomic E-state index is 14.0. The molecule has 286 valence electrons. The minimum absolute atomic E-state index is 0.0124. The van der Waals surface area contributed by atoms with E-state index in [0.29, 0.717) is 12.2 Å². The monoisotopic (exact) mass is 708 g/mol. The fourth-order valence-electron chi connectivity index (χ4n) is 9.61. The van der Waals surface area contributed by atoms with Gasteiger partial charge < -0.3 is 19.7 Å². The van der Waals surface area contributed by atoms with Crippen molar-refractivity contribution in [3.63, 3.8) is 0 Å². The first-order valence-corrected chi connectivity index (χ1v) is 18.7. The topological polar surface area (TPSA) is 96.3 Å². The van der Waals surface area contributed by atoms with Crippen LogP contribution >= 0.6 is 0 Å². The van der Waals surface area contributed by atoms with E-state index in [1.807, 2.05) is 49.4 Å². The lowest BCUT2D eigenvalue weighted by Gasteiger charge is -2.69. The normalized spacial score (nSPS) is 23.4. The Balaban J connectivity index is 1.98. The van der Waals surface area contributed by atoms with E-state index in [9.17, 15) is 19.8 Å². The van der Waals surface area contributed by atoms with Gasteiger partial charge in [0.2, 0.25) is 5.79 Å². The Labute approximate surface area is 309 Å². The predicted molar refractivity (Wildman–Crippen MR) is 207 cm³/mol. The lowest BCUT2D eigenvalue weighted by Crippen LogP contribution is -2.80. The summed E-state index contributed by atoms with van der Waals surface area (Å²) in [6, 6.07) is 13.5. The van der Waals surface area contributed by atoms with Crippen LogP contribution in [0.2, 0.25) is 0 Å². The Kier molecular flexibility index (Phi) is 11.8. The van der Waals surface area contributed by atoms with Crippen LogP contribution < -0.4 is 0 Å². The summed E-state index contributed by atoms with van der Waals surface area (Å²) in [6.45, 7) is 34.9. The quantitative estimate of drug-likeness (QED) is 0.208. The van der Waals surface area contributed by atoms with Crippen LogP contribution in [-0.4, -0.2) is 50.6 Å². The Bertz CT molecular complexity index is 1480. The number of carbonyl (C=O) groups excluding carboxylic acids is 2. The molecular weight excluding hydrogens is 638 g/mol. The average molecular weight is 708 g/mol. The van der Waals surface area contributed by atoms with Crippen molar-refractivity contribution in [2.24, 2.45) is 22.7 Å². The number of phenols is 1. The minimum atomic E-state index is -1.85. The van der Waals surface area contributed by atoms with Gasteiger partial charge >= 0.3 is 11.9 Å². The molecule has 2 aromatic rings. The summed E-state index contributed by atoms with van der Waals surface area (Å²) in [5, 5.41) is 24.3. The molecule has 0 aromatic heterocycles. The summed E-state index contributed by atoms with van der Waals surface area (Å²) in [7, 11) is 0. The number of benzene rings is 2. The first kappa shape index (κ1) is 42.5. The summed E-state index contributed by atoms with van der Waals surface area (Å²) in [5.74, 6) is -4.04. The molecule has 1 aliphatic heterocycles. The van der Waals surface area contributed by atoms with Gasteiger partial charge in [-0.25, -0.2) is 0 Å². The van der Waals surface area contributed by atoms with Crippen LogP contribution in [0.25, 0.3) is 0 Å². The molecule has 1 saturated heterocycles. The summed E-state index contributed by atoms with van der Waals surface area (Å²) in [5.41, 5.74) is 0.385. The second kappa shape index (κ2) is 14.2. The summed E-state index contributed by atoms with van der Waals surface area (Å²) >= 11 is 0. The van der Waals surface area contributed by atoms with Gasteiger partial charge in [0, 0.05) is 29.3 Å². The van der Waals surface area contributed by atoms with Gasteiger partial charge in [-0.05, 0) is 85.0 Å². The van der Waals surface area contributed by atoms with E-state index < -0.39 is 51.4 Å². The van der Waals surface area contributed by atoms with Gasteiger partial charge in [0.15, 0.2) is 0 Å². The fourth-order valence-corrected chi connectivity index (χ4v) is 9.61. The number of piperidine rings is 1. The third-order valence-electron chi connectivity index (χ3n) is 11.0. The molecule has 0 bridgehead atoms. The minimum Gasteiger partial charge on any atom is -0.507 e. The number of rotatable bonds is 8. The number of phenolic OH excluding ortho intramolecular Hbond substituents is 1. The molecule has 1 aliphatic rings. The number of aliphatic hydroxyl groups is 1. The van der Waals surface area contributed by atoms with Gasteiger partial charge in [0.1, 0.15) is 12.5 Å². The molecule has 7 heteroatoms. The smallest absolute Gasteiger partial charge is 0.315 e. The highest BCUT2D eigenvalue weighted by Gasteiger charge is 2.71. The molecule has 2 N–H and O–H groups in total. The maximum atomic E-state index is 14.0. The van der Waals surface area contributed by atoms with Crippen LogP contribution in [0.4, 0.5) is 0 Å². The number of aromatic hydroxyl groups is 1. The largest absolute Gasteiger partial charge is 0.507 e. The molecule has 7 nitrogen and oxygen atoms in total. The van der Waals surface area contributed by atoms with E-state index >= 15 is 0 Å². The van der Waals surface area contributed by atoms with E-state index in [0.717, 1.165) is 22.3 Å². The van der Waals surface area contributed by atoms with Crippen molar-refractivity contribution in [2.75, 3.05) is 6.73 Å². The third kappa shape index (κ3) is 8.84. The van der Waals surface area contributed by atoms with E-state index in [1.165, 1.54) is 0 Å². The molecule has 3 rings (SSSR count). The second-order valence-electron chi connectivity index (χ2n) is 20.3. The average Bonchev–Trinajstić information content (AvgIpc) is 2.92. The first-order chi connectivity index (χ1) is 22.9. The molecule has 0 radical (unpaired) electrons. The Hall–Kier alpha value is -2.90. The number of hydrogen-bond acceptors (Lipinski definition) is 7. The Morgan fingerprint density at radius 2 is 1.22 bits per heavy atom. The standard InChI is InChI=1S/C44H69NO6/c1-28(30-21-19-18-20-22-30)35(48)51-44(49)36(40(8,9)10)42(14,15)45(43(16,17)37(44)41(11,12)13)27-50-33(46)24-23-29-25-31(38(2,3)4)34(47)32(26-29)39(5,6)7/h18-22,25-26,28,36-37,47,49H,23-24,27H2,1-17H3. The SMILES string of the molecule is CC(C(=O)OC1(O)C(C(C)(C)C)C(C)(C)N(COC(=O)CCc2cc(C(C)(C)C)c(O)c(C(C)(C)C)c2)C(C)(C)C1C(C)(C)C)c1ccccc1. The van der Waals surface area contributed by atoms with Crippen LogP contribution in [0, 0.1) is 22.7 Å². The number of likely N-dealkylation sites (tertiary alicyclic amines) is 1. The zero-order valence-electron chi connectivity index (χ0n) is 34.9. The zero-order chi connectivity index (χ0) is 39.3. The maximum Gasteiger partial charge on any atom is 0.315 e. The van der Waals surface area contributed by atoms with Crippen LogP contribution in [0.15, 0.2) is 42.5 Å². The fraction of sp³-hybridized carbons (Fsp3) is 0.682. The molecule has 3 atom stereocenters. The van der Waals surface area contributed by atoms with E-state index in [-0.39, 0.29) is 30.0 Å². The number of nitrogens with zero attached hydrogens (tertiary/aromatic N) is 1. The van der Waals surface area contributed by atoms with E-state index in [2.05, 4.69) is 116 Å². The van der Waals surface area contributed by atoms with Crippen molar-refractivity contribution in [1.82, 2.24) is 4.90 Å². The van der Waals surface area contributed by atoms with Gasteiger partial charge in [-0.15, -0.1) is 0 Å². The molecule has 0 aliphatic carbocycles. The lowest BCUT2D eigenvalue weighted by molar-refractivity contribution is -0.361. The van der Waals surface area contributed by atoms with Crippen LogP contribution in [0.3, 0.4) is 0 Å². The molecule has 2 aromatic carbocycles. The summed E-state index contributed by atoms with van der Waals surface area (Å²) < 4.78 is 12.6. The first-order valence-electron chi connectivity index (χ1n) is 18.7. The van der Waals surface area contributed by atoms with Gasteiger partial charge in [0.05, 0.1) is 5.92 Å². The van der Waals surface area contributed by atoms with Crippen molar-refractivity contribution in [3.05, 3.63) is 64.7 Å². The molecule has 0 spiro atoms. The van der Waals surface area contributed by atoms with E-state index in [4.69, 9.17) is 9.47 Å². The highest BCUT2D eigenvalue weighted by atomic mass is 16.7. The molecule has 51 heavy (non-hydrogen) atoms. The Morgan fingerprint density at radius 1 is 0.784 bits per heavy atom. The summed E-state index contributed by atoms with van der Waals surface area (Å²) in [4.78, 5) is 29.7. The number of esters is 2.